The van der Waals surface area contributed by atoms with Crippen molar-refractivity contribution in [1.82, 2.24) is 19.0 Å². The Balaban J connectivity index is 1.65. The van der Waals surface area contributed by atoms with Crippen LogP contribution >= 0.6 is 22.9 Å². The summed E-state index contributed by atoms with van der Waals surface area (Å²) < 4.78 is 34.9. The molecule has 0 N–H and O–H groups in total. The van der Waals surface area contributed by atoms with E-state index in [2.05, 4.69) is 5.10 Å². The average Bonchev–Trinajstić information content (AvgIpc) is 3.26. The number of thiophene rings is 1. The van der Waals surface area contributed by atoms with Crippen LogP contribution in [0.15, 0.2) is 16.3 Å². The summed E-state index contributed by atoms with van der Waals surface area (Å²) in [6.45, 7) is 2.50. The quantitative estimate of drug-likeness (QED) is 0.733. The maximum Gasteiger partial charge on any atom is 0.274 e. The number of nitrogens with zero attached hydrogens (tertiary/aromatic N) is 4. The van der Waals surface area contributed by atoms with Gasteiger partial charge in [-0.3, -0.25) is 9.48 Å². The van der Waals surface area contributed by atoms with Crippen molar-refractivity contribution in [3.05, 3.63) is 33.4 Å². The van der Waals surface area contributed by atoms with E-state index in [1.165, 1.54) is 10.4 Å². The van der Waals surface area contributed by atoms with Gasteiger partial charge in [0.15, 0.2) is 5.69 Å². The number of amides is 1. The van der Waals surface area contributed by atoms with Gasteiger partial charge in [-0.1, -0.05) is 11.6 Å². The molecule has 0 aromatic carbocycles. The van der Waals surface area contributed by atoms with Gasteiger partial charge < -0.3 is 9.64 Å². The molecule has 1 amide bonds. The first kappa shape index (κ1) is 18.9. The van der Waals surface area contributed by atoms with Gasteiger partial charge in [-0.25, -0.2) is 8.42 Å². The molecule has 0 radical (unpaired) electrons. The molecule has 0 bridgehead atoms. The highest BCUT2D eigenvalue weighted by Crippen LogP contribution is 2.32. The number of hydrogen-bond donors (Lipinski definition) is 0. The fourth-order valence-corrected chi connectivity index (χ4v) is 6.47. The van der Waals surface area contributed by atoms with Gasteiger partial charge in [-0.05, 0) is 12.1 Å². The number of ether oxygens (including phenoxy) is 1. The van der Waals surface area contributed by atoms with Gasteiger partial charge in [-0.15, -0.1) is 11.3 Å². The molecular formula is C16H19ClN4O4S2. The van der Waals surface area contributed by atoms with E-state index in [0.717, 1.165) is 17.0 Å². The molecule has 2 aromatic heterocycles. The van der Waals surface area contributed by atoms with Gasteiger partial charge in [0.1, 0.15) is 4.21 Å². The van der Waals surface area contributed by atoms with Crippen LogP contribution in [-0.4, -0.2) is 66.2 Å². The van der Waals surface area contributed by atoms with Crippen LogP contribution in [0.25, 0.3) is 0 Å². The summed E-state index contributed by atoms with van der Waals surface area (Å²) in [4.78, 5) is 14.6. The van der Waals surface area contributed by atoms with Gasteiger partial charge in [0, 0.05) is 50.9 Å². The molecule has 1 fully saturated rings. The Morgan fingerprint density at radius 3 is 2.67 bits per heavy atom. The standard InChI is InChI=1S/C16H19ClN4O4S2/c1-19-12-4-5-21(27(23,24)14-3-2-13(17)26-14)10-11(12)15(18-19)16(22)20-6-8-25-9-7-20/h2-3H,4-10H2,1H3. The summed E-state index contributed by atoms with van der Waals surface area (Å²) >= 11 is 6.94. The molecule has 0 spiro atoms. The second-order valence-electron chi connectivity index (χ2n) is 6.45. The summed E-state index contributed by atoms with van der Waals surface area (Å²) in [7, 11) is -1.87. The Bertz CT molecular complexity index is 979. The Kier molecular flexibility index (Phi) is 5.02. The van der Waals surface area contributed by atoms with Crippen LogP contribution in [-0.2, 0) is 34.8 Å². The first-order chi connectivity index (χ1) is 12.9. The second kappa shape index (κ2) is 7.17. The third-order valence-corrected chi connectivity index (χ3v) is 8.39. The maximum atomic E-state index is 12.9. The van der Waals surface area contributed by atoms with E-state index in [-0.39, 0.29) is 16.7 Å². The largest absolute Gasteiger partial charge is 0.378 e. The molecule has 1 saturated heterocycles. The molecular weight excluding hydrogens is 412 g/mol. The minimum atomic E-state index is -3.66. The Labute approximate surface area is 166 Å². The molecule has 0 saturated carbocycles. The van der Waals surface area contributed by atoms with Crippen molar-refractivity contribution in [2.45, 2.75) is 17.2 Å². The van der Waals surface area contributed by atoms with Crippen LogP contribution in [0.2, 0.25) is 4.34 Å². The average molecular weight is 431 g/mol. The zero-order valence-corrected chi connectivity index (χ0v) is 17.1. The minimum Gasteiger partial charge on any atom is -0.378 e. The van der Waals surface area contributed by atoms with Crippen molar-refractivity contribution in [2.24, 2.45) is 7.05 Å². The SMILES string of the molecule is Cn1nc(C(=O)N2CCOCC2)c2c1CCN(S(=O)(=O)c1ccc(Cl)s1)C2. The molecule has 0 unspecified atom stereocenters. The number of aryl methyl sites for hydroxylation is 1. The van der Waals surface area contributed by atoms with Crippen LogP contribution in [0.1, 0.15) is 21.7 Å². The van der Waals surface area contributed by atoms with E-state index < -0.39 is 10.0 Å². The molecule has 146 valence electrons. The molecule has 4 heterocycles. The Hall–Kier alpha value is -1.46. The second-order valence-corrected chi connectivity index (χ2v) is 10.3. The van der Waals surface area contributed by atoms with Gasteiger partial charge in [-0.2, -0.15) is 9.40 Å². The lowest BCUT2D eigenvalue weighted by molar-refractivity contribution is 0.0297. The number of morpholine rings is 1. The van der Waals surface area contributed by atoms with E-state index in [4.69, 9.17) is 16.3 Å². The number of carbonyl (C=O) groups excluding carboxylic acids is 1. The highest BCUT2D eigenvalue weighted by Gasteiger charge is 2.35. The van der Waals surface area contributed by atoms with Gasteiger partial charge >= 0.3 is 0 Å². The lowest BCUT2D eigenvalue weighted by Crippen LogP contribution is -2.42. The molecule has 2 aliphatic rings. The Morgan fingerprint density at radius 1 is 1.26 bits per heavy atom. The van der Waals surface area contributed by atoms with Crippen molar-refractivity contribution < 1.29 is 17.9 Å². The fourth-order valence-electron chi connectivity index (χ4n) is 3.42. The third kappa shape index (κ3) is 3.40. The molecule has 0 aliphatic carbocycles. The summed E-state index contributed by atoms with van der Waals surface area (Å²) in [6.07, 6.45) is 0.508. The minimum absolute atomic E-state index is 0.131. The first-order valence-electron chi connectivity index (χ1n) is 8.55. The zero-order chi connectivity index (χ0) is 19.2. The number of hydrogen-bond acceptors (Lipinski definition) is 6. The molecule has 11 heteroatoms. The molecule has 0 atom stereocenters. The van der Waals surface area contributed by atoms with Crippen molar-refractivity contribution in [3.8, 4) is 0 Å². The lowest BCUT2D eigenvalue weighted by Gasteiger charge is -2.28. The van der Waals surface area contributed by atoms with E-state index in [1.807, 2.05) is 0 Å². The van der Waals surface area contributed by atoms with Gasteiger partial charge in [0.25, 0.3) is 15.9 Å². The number of halogens is 1. The maximum absolute atomic E-state index is 12.9. The van der Waals surface area contributed by atoms with Gasteiger partial charge in [0.2, 0.25) is 0 Å². The van der Waals surface area contributed by atoms with Crippen LogP contribution in [0.5, 0.6) is 0 Å². The number of aromatic nitrogens is 2. The predicted octanol–water partition coefficient (Wildman–Crippen LogP) is 1.35. The summed E-state index contributed by atoms with van der Waals surface area (Å²) in [6, 6.07) is 3.09. The van der Waals surface area contributed by atoms with Crippen molar-refractivity contribution >= 4 is 38.9 Å². The number of fused-ring (bicyclic) bond motifs is 1. The van der Waals surface area contributed by atoms with Crippen molar-refractivity contribution in [3.63, 3.8) is 0 Å². The summed E-state index contributed by atoms with van der Waals surface area (Å²) in [5.74, 6) is -0.173. The van der Waals surface area contributed by atoms with E-state index in [0.29, 0.717) is 54.9 Å². The van der Waals surface area contributed by atoms with Crippen molar-refractivity contribution in [1.29, 1.82) is 0 Å². The smallest absolute Gasteiger partial charge is 0.274 e. The molecule has 2 aliphatic heterocycles. The number of sulfonamides is 1. The van der Waals surface area contributed by atoms with E-state index in [9.17, 15) is 13.2 Å². The predicted molar refractivity (Wildman–Crippen MR) is 101 cm³/mol. The van der Waals surface area contributed by atoms with E-state index in [1.54, 1.807) is 22.7 Å². The van der Waals surface area contributed by atoms with Crippen molar-refractivity contribution in [2.75, 3.05) is 32.8 Å². The normalized spacial score (nSPS) is 18.5. The van der Waals surface area contributed by atoms with Crippen LogP contribution < -0.4 is 0 Å². The number of carbonyl (C=O) groups is 1. The topological polar surface area (TPSA) is 84.7 Å². The zero-order valence-electron chi connectivity index (χ0n) is 14.7. The Morgan fingerprint density at radius 2 is 2.00 bits per heavy atom. The highest BCUT2D eigenvalue weighted by molar-refractivity contribution is 7.91. The van der Waals surface area contributed by atoms with E-state index >= 15 is 0 Å². The third-order valence-electron chi connectivity index (χ3n) is 4.85. The number of rotatable bonds is 3. The van der Waals surface area contributed by atoms with Crippen LogP contribution in [0.4, 0.5) is 0 Å². The van der Waals surface area contributed by atoms with Crippen LogP contribution in [0.3, 0.4) is 0 Å². The van der Waals surface area contributed by atoms with Gasteiger partial charge in [0.05, 0.1) is 17.6 Å². The first-order valence-corrected chi connectivity index (χ1v) is 11.2. The summed E-state index contributed by atoms with van der Waals surface area (Å²) in [5.41, 5.74) is 1.92. The lowest BCUT2D eigenvalue weighted by atomic mass is 10.1. The highest BCUT2D eigenvalue weighted by atomic mass is 35.5. The molecule has 8 nitrogen and oxygen atoms in total. The molecule has 27 heavy (non-hydrogen) atoms. The molecule has 4 rings (SSSR count). The van der Waals surface area contributed by atoms with Crippen LogP contribution in [0, 0.1) is 0 Å². The monoisotopic (exact) mass is 430 g/mol. The molecule has 2 aromatic rings. The summed E-state index contributed by atoms with van der Waals surface area (Å²) in [5, 5.41) is 4.41. The fraction of sp³-hybridized carbons (Fsp3) is 0.500.